The van der Waals surface area contributed by atoms with Crippen molar-refractivity contribution in [2.24, 2.45) is 0 Å². The van der Waals surface area contributed by atoms with Gasteiger partial charge in [-0.1, -0.05) is 39.3 Å². The molecule has 0 nitrogen and oxygen atoms in total. The van der Waals surface area contributed by atoms with Crippen molar-refractivity contribution in [1.29, 1.82) is 0 Å². The monoisotopic (exact) mass is 202 g/mol. The summed E-state index contributed by atoms with van der Waals surface area (Å²) < 4.78 is 0.961. The molecular formula is C10H15ClS. The van der Waals surface area contributed by atoms with Gasteiger partial charge in [0.15, 0.2) is 0 Å². The zero-order valence-electron chi connectivity index (χ0n) is 8.07. The third kappa shape index (κ3) is 2.02. The van der Waals surface area contributed by atoms with Crippen molar-refractivity contribution in [1.82, 2.24) is 0 Å². The maximum Gasteiger partial charge on any atom is 0.0963 e. The number of rotatable bonds is 1. The molecule has 0 unspecified atom stereocenters. The van der Waals surface area contributed by atoms with Crippen molar-refractivity contribution in [3.05, 3.63) is 20.8 Å². The van der Waals surface area contributed by atoms with Crippen LogP contribution in [0.15, 0.2) is 6.07 Å². The van der Waals surface area contributed by atoms with Crippen LogP contribution in [0.25, 0.3) is 0 Å². The first-order valence-electron chi connectivity index (χ1n) is 4.24. The molecule has 0 aliphatic heterocycles. The van der Waals surface area contributed by atoms with E-state index in [0.29, 0.717) is 0 Å². The Balaban J connectivity index is 3.05. The lowest BCUT2D eigenvalue weighted by Gasteiger charge is -2.15. The van der Waals surface area contributed by atoms with Crippen molar-refractivity contribution < 1.29 is 0 Å². The van der Waals surface area contributed by atoms with Crippen LogP contribution in [0, 0.1) is 0 Å². The van der Waals surface area contributed by atoms with E-state index >= 15 is 0 Å². The first-order chi connectivity index (χ1) is 5.45. The SMILES string of the molecule is CCc1cc(C(C)(C)C)sc1Cl. The number of hydrogen-bond donors (Lipinski definition) is 0. The Bertz CT molecular complexity index is 268. The summed E-state index contributed by atoms with van der Waals surface area (Å²) in [7, 11) is 0. The summed E-state index contributed by atoms with van der Waals surface area (Å²) in [5, 5.41) is 0. The van der Waals surface area contributed by atoms with Gasteiger partial charge in [0.1, 0.15) is 0 Å². The van der Waals surface area contributed by atoms with Crippen LogP contribution < -0.4 is 0 Å². The van der Waals surface area contributed by atoms with Crippen LogP contribution >= 0.6 is 22.9 Å². The molecule has 1 aromatic rings. The highest BCUT2D eigenvalue weighted by molar-refractivity contribution is 7.16. The molecule has 68 valence electrons. The Morgan fingerprint density at radius 1 is 1.42 bits per heavy atom. The number of halogens is 1. The molecule has 0 aliphatic rings. The van der Waals surface area contributed by atoms with Gasteiger partial charge < -0.3 is 0 Å². The zero-order chi connectivity index (χ0) is 9.35. The fourth-order valence-corrected chi connectivity index (χ4v) is 2.49. The van der Waals surface area contributed by atoms with E-state index in [1.807, 2.05) is 0 Å². The van der Waals surface area contributed by atoms with Gasteiger partial charge in [-0.05, 0) is 23.5 Å². The summed E-state index contributed by atoms with van der Waals surface area (Å²) in [6.07, 6.45) is 1.03. The largest absolute Gasteiger partial charge is 0.128 e. The molecule has 0 saturated carbocycles. The van der Waals surface area contributed by atoms with Crippen molar-refractivity contribution in [2.75, 3.05) is 0 Å². The lowest BCUT2D eigenvalue weighted by molar-refractivity contribution is 0.603. The van der Waals surface area contributed by atoms with E-state index in [2.05, 4.69) is 33.8 Å². The van der Waals surface area contributed by atoms with Gasteiger partial charge in [-0.25, -0.2) is 0 Å². The topological polar surface area (TPSA) is 0 Å². The van der Waals surface area contributed by atoms with Crippen molar-refractivity contribution in [3.8, 4) is 0 Å². The predicted molar refractivity (Wildman–Crippen MR) is 57.4 cm³/mol. The van der Waals surface area contributed by atoms with Crippen molar-refractivity contribution in [3.63, 3.8) is 0 Å². The molecule has 0 saturated heterocycles. The molecule has 0 aliphatic carbocycles. The fraction of sp³-hybridized carbons (Fsp3) is 0.600. The van der Waals surface area contributed by atoms with Gasteiger partial charge >= 0.3 is 0 Å². The molecule has 0 aromatic carbocycles. The average Bonchev–Trinajstić information content (AvgIpc) is 2.29. The van der Waals surface area contributed by atoms with Crippen LogP contribution in [0.4, 0.5) is 0 Å². The van der Waals surface area contributed by atoms with Crippen LogP contribution in [-0.4, -0.2) is 0 Å². The van der Waals surface area contributed by atoms with Crippen LogP contribution in [0.3, 0.4) is 0 Å². The van der Waals surface area contributed by atoms with Crippen LogP contribution in [0.1, 0.15) is 38.1 Å². The number of aryl methyl sites for hydroxylation is 1. The first-order valence-corrected chi connectivity index (χ1v) is 5.43. The summed E-state index contributed by atoms with van der Waals surface area (Å²) in [5.74, 6) is 0. The second-order valence-corrected chi connectivity index (χ2v) is 5.67. The van der Waals surface area contributed by atoms with E-state index < -0.39 is 0 Å². The quantitative estimate of drug-likeness (QED) is 0.639. The fourth-order valence-electron chi connectivity index (χ4n) is 1.02. The van der Waals surface area contributed by atoms with Gasteiger partial charge in [0.2, 0.25) is 0 Å². The predicted octanol–water partition coefficient (Wildman–Crippen LogP) is 4.26. The lowest BCUT2D eigenvalue weighted by Crippen LogP contribution is -2.07. The van der Waals surface area contributed by atoms with Gasteiger partial charge in [0.05, 0.1) is 4.34 Å². The lowest BCUT2D eigenvalue weighted by atomic mass is 9.94. The standard InChI is InChI=1S/C10H15ClS/c1-5-7-6-8(10(2,3)4)12-9(7)11/h6H,5H2,1-4H3. The molecule has 0 amide bonds. The minimum atomic E-state index is 0.238. The normalized spacial score (nSPS) is 12.1. The van der Waals surface area contributed by atoms with E-state index in [-0.39, 0.29) is 5.41 Å². The number of hydrogen-bond acceptors (Lipinski definition) is 1. The number of thiophene rings is 1. The van der Waals surface area contributed by atoms with Crippen LogP contribution in [0.5, 0.6) is 0 Å². The second-order valence-electron chi connectivity index (χ2n) is 4.01. The summed E-state index contributed by atoms with van der Waals surface area (Å²) in [6, 6.07) is 2.23. The summed E-state index contributed by atoms with van der Waals surface area (Å²) in [4.78, 5) is 1.38. The molecule has 1 aromatic heterocycles. The molecule has 1 rings (SSSR count). The highest BCUT2D eigenvalue weighted by Crippen LogP contribution is 2.35. The van der Waals surface area contributed by atoms with Gasteiger partial charge in [0, 0.05) is 4.88 Å². The van der Waals surface area contributed by atoms with E-state index in [1.54, 1.807) is 11.3 Å². The Kier molecular flexibility index (Phi) is 2.84. The highest BCUT2D eigenvalue weighted by atomic mass is 35.5. The molecule has 0 N–H and O–H groups in total. The van der Waals surface area contributed by atoms with Crippen LogP contribution in [-0.2, 0) is 11.8 Å². The minimum absolute atomic E-state index is 0.238. The Morgan fingerprint density at radius 2 is 2.00 bits per heavy atom. The second kappa shape index (κ2) is 3.39. The maximum atomic E-state index is 6.07. The smallest absolute Gasteiger partial charge is 0.0963 e. The molecule has 0 atom stereocenters. The first kappa shape index (κ1) is 10.1. The Morgan fingerprint density at radius 3 is 2.25 bits per heavy atom. The molecule has 0 fully saturated rings. The molecule has 12 heavy (non-hydrogen) atoms. The molecule has 1 heterocycles. The Labute approximate surface area is 83.6 Å². The molecule has 0 radical (unpaired) electrons. The summed E-state index contributed by atoms with van der Waals surface area (Å²) in [6.45, 7) is 8.79. The summed E-state index contributed by atoms with van der Waals surface area (Å²) in [5.41, 5.74) is 1.52. The maximum absolute atomic E-state index is 6.07. The van der Waals surface area contributed by atoms with E-state index in [1.165, 1.54) is 10.4 Å². The van der Waals surface area contributed by atoms with Crippen molar-refractivity contribution in [2.45, 2.75) is 39.5 Å². The van der Waals surface area contributed by atoms with Gasteiger partial charge in [-0.15, -0.1) is 11.3 Å². The average molecular weight is 203 g/mol. The molecule has 0 spiro atoms. The third-order valence-corrected chi connectivity index (χ3v) is 3.74. The third-order valence-electron chi connectivity index (χ3n) is 1.88. The minimum Gasteiger partial charge on any atom is -0.128 e. The van der Waals surface area contributed by atoms with Gasteiger partial charge in [0.25, 0.3) is 0 Å². The Hall–Kier alpha value is -0.0100. The van der Waals surface area contributed by atoms with Gasteiger partial charge in [-0.2, -0.15) is 0 Å². The van der Waals surface area contributed by atoms with Gasteiger partial charge in [-0.3, -0.25) is 0 Å². The highest BCUT2D eigenvalue weighted by Gasteiger charge is 2.17. The van der Waals surface area contributed by atoms with Crippen molar-refractivity contribution >= 4 is 22.9 Å². The van der Waals surface area contributed by atoms with E-state index in [0.717, 1.165) is 10.8 Å². The molecular weight excluding hydrogens is 188 g/mol. The van der Waals surface area contributed by atoms with E-state index in [9.17, 15) is 0 Å². The molecule has 0 bridgehead atoms. The summed E-state index contributed by atoms with van der Waals surface area (Å²) >= 11 is 7.78. The molecule has 2 heteroatoms. The van der Waals surface area contributed by atoms with E-state index in [4.69, 9.17) is 11.6 Å². The zero-order valence-corrected chi connectivity index (χ0v) is 9.64. The van der Waals surface area contributed by atoms with Crippen LogP contribution in [0.2, 0.25) is 4.34 Å².